The fourth-order valence-corrected chi connectivity index (χ4v) is 5.47. The van der Waals surface area contributed by atoms with E-state index in [9.17, 15) is 4.79 Å². The lowest BCUT2D eigenvalue weighted by Gasteiger charge is -2.27. The molecule has 0 unspecified atom stereocenters. The summed E-state index contributed by atoms with van der Waals surface area (Å²) in [5, 5.41) is 3.08. The van der Waals surface area contributed by atoms with Crippen molar-refractivity contribution < 1.29 is 4.79 Å². The topological polar surface area (TPSA) is 80.0 Å². The van der Waals surface area contributed by atoms with Crippen molar-refractivity contribution in [2.45, 2.75) is 45.7 Å². The second-order valence-electron chi connectivity index (χ2n) is 8.81. The molecule has 31 heavy (non-hydrogen) atoms. The zero-order valence-corrected chi connectivity index (χ0v) is 18.9. The molecule has 5 heterocycles. The van der Waals surface area contributed by atoms with Crippen molar-refractivity contribution in [1.29, 1.82) is 0 Å². The van der Waals surface area contributed by atoms with E-state index in [1.54, 1.807) is 23.7 Å². The highest BCUT2D eigenvalue weighted by atomic mass is 32.1. The summed E-state index contributed by atoms with van der Waals surface area (Å²) >= 11 is 1.63. The number of hydrogen-bond acceptors (Lipinski definition) is 7. The number of amides is 1. The van der Waals surface area contributed by atoms with Crippen LogP contribution in [0.2, 0.25) is 0 Å². The van der Waals surface area contributed by atoms with E-state index in [0.29, 0.717) is 31.6 Å². The molecule has 5 rings (SSSR count). The summed E-state index contributed by atoms with van der Waals surface area (Å²) in [5.41, 5.74) is 1.43. The van der Waals surface area contributed by atoms with Gasteiger partial charge in [-0.15, -0.1) is 11.3 Å². The first-order valence-electron chi connectivity index (χ1n) is 10.7. The number of anilines is 1. The van der Waals surface area contributed by atoms with Crippen LogP contribution in [-0.2, 0) is 11.3 Å². The number of carbonyl (C=O) groups is 1. The van der Waals surface area contributed by atoms with Crippen LogP contribution in [0, 0.1) is 12.3 Å². The van der Waals surface area contributed by atoms with Crippen molar-refractivity contribution in [2.75, 3.05) is 24.5 Å². The first kappa shape index (κ1) is 20.1. The van der Waals surface area contributed by atoms with E-state index in [1.165, 1.54) is 0 Å². The number of hydrogen-bond donors (Lipinski definition) is 0. The number of aryl methyl sites for hydroxylation is 1. The number of thiazole rings is 1. The molecule has 3 aromatic heterocycles. The number of aromatic nitrogens is 5. The largest absolute Gasteiger partial charge is 0.339 e. The van der Waals surface area contributed by atoms with Crippen LogP contribution in [0.1, 0.15) is 48.6 Å². The summed E-state index contributed by atoms with van der Waals surface area (Å²) in [7, 11) is 0. The van der Waals surface area contributed by atoms with Crippen molar-refractivity contribution in [3.63, 3.8) is 0 Å². The van der Waals surface area contributed by atoms with E-state index in [-0.39, 0.29) is 11.8 Å². The van der Waals surface area contributed by atoms with E-state index >= 15 is 0 Å². The van der Waals surface area contributed by atoms with Crippen molar-refractivity contribution >= 4 is 23.2 Å². The highest BCUT2D eigenvalue weighted by Crippen LogP contribution is 2.50. The SMILES string of the molecule is Cc1nc(CN2CC[C@]3(CN(c4ncccn4)C[C@H]3c3cn(C(C)C)cn3)C2=O)cs1. The average Bonchev–Trinajstić information content (AvgIpc) is 3.54. The molecule has 1 spiro atoms. The summed E-state index contributed by atoms with van der Waals surface area (Å²) in [5.74, 6) is 0.876. The molecule has 2 saturated heterocycles. The highest BCUT2D eigenvalue weighted by molar-refractivity contribution is 7.09. The summed E-state index contributed by atoms with van der Waals surface area (Å²) in [6, 6.07) is 2.14. The van der Waals surface area contributed by atoms with E-state index in [2.05, 4.69) is 44.5 Å². The quantitative estimate of drug-likeness (QED) is 0.610. The van der Waals surface area contributed by atoms with Crippen molar-refractivity contribution in [2.24, 2.45) is 5.41 Å². The normalized spacial score (nSPS) is 23.6. The maximum absolute atomic E-state index is 13.8. The third-order valence-electron chi connectivity index (χ3n) is 6.51. The molecule has 2 atom stereocenters. The Balaban J connectivity index is 1.47. The summed E-state index contributed by atoms with van der Waals surface area (Å²) in [4.78, 5) is 36.1. The molecule has 3 aromatic rings. The molecule has 0 bridgehead atoms. The Kier molecular flexibility index (Phi) is 5.00. The van der Waals surface area contributed by atoms with Crippen LogP contribution in [0.3, 0.4) is 0 Å². The van der Waals surface area contributed by atoms with Gasteiger partial charge >= 0.3 is 0 Å². The predicted molar refractivity (Wildman–Crippen MR) is 119 cm³/mol. The Morgan fingerprint density at radius 2 is 2.06 bits per heavy atom. The molecule has 0 saturated carbocycles. The predicted octanol–water partition coefficient (Wildman–Crippen LogP) is 3.04. The van der Waals surface area contributed by atoms with Crippen LogP contribution in [0.15, 0.2) is 36.4 Å². The minimum absolute atomic E-state index is 0.00553. The summed E-state index contributed by atoms with van der Waals surface area (Å²) in [6.07, 6.45) is 8.29. The van der Waals surface area contributed by atoms with Gasteiger partial charge in [-0.25, -0.2) is 19.9 Å². The van der Waals surface area contributed by atoms with Crippen LogP contribution < -0.4 is 4.90 Å². The number of imidazole rings is 1. The second kappa shape index (κ2) is 7.71. The molecule has 162 valence electrons. The van der Waals surface area contributed by atoms with E-state index in [4.69, 9.17) is 4.98 Å². The van der Waals surface area contributed by atoms with E-state index in [1.807, 2.05) is 29.6 Å². The van der Waals surface area contributed by atoms with Crippen LogP contribution in [-0.4, -0.2) is 54.9 Å². The Labute approximate surface area is 186 Å². The van der Waals surface area contributed by atoms with Crippen molar-refractivity contribution in [3.05, 3.63) is 52.8 Å². The van der Waals surface area contributed by atoms with Crippen LogP contribution in [0.4, 0.5) is 5.95 Å². The monoisotopic (exact) mass is 437 g/mol. The number of likely N-dealkylation sites (tertiary alicyclic amines) is 1. The number of carbonyl (C=O) groups excluding carboxylic acids is 1. The number of nitrogens with zero attached hydrogens (tertiary/aromatic N) is 7. The van der Waals surface area contributed by atoms with E-state index in [0.717, 1.165) is 29.4 Å². The molecular weight excluding hydrogens is 410 g/mol. The lowest BCUT2D eigenvalue weighted by atomic mass is 9.75. The molecule has 9 heteroatoms. The third kappa shape index (κ3) is 3.50. The maximum atomic E-state index is 13.8. The fourth-order valence-electron chi connectivity index (χ4n) is 4.86. The minimum Gasteiger partial charge on any atom is -0.339 e. The minimum atomic E-state index is -0.513. The van der Waals surface area contributed by atoms with Gasteiger partial charge < -0.3 is 14.4 Å². The molecule has 1 amide bonds. The standard InChI is InChI=1S/C22H27N7OS/c1-15(2)29-11-19(25-14-29)18-10-28(21-23-6-4-7-24-21)13-22(18)5-8-27(20(22)30)9-17-12-31-16(3)26-17/h4,6-7,11-12,14-15,18H,5,8-10,13H2,1-3H3/t18-,22+/m0/s1. The summed E-state index contributed by atoms with van der Waals surface area (Å²) < 4.78 is 2.11. The molecule has 2 fully saturated rings. The van der Waals surface area contributed by atoms with Crippen molar-refractivity contribution in [1.82, 2.24) is 29.4 Å². The first-order chi connectivity index (χ1) is 15.0. The third-order valence-corrected chi connectivity index (χ3v) is 7.34. The van der Waals surface area contributed by atoms with Crippen LogP contribution >= 0.6 is 11.3 Å². The van der Waals surface area contributed by atoms with Gasteiger partial charge in [-0.1, -0.05) is 0 Å². The molecule has 2 aliphatic heterocycles. The first-order valence-corrected chi connectivity index (χ1v) is 11.6. The molecule has 0 aliphatic carbocycles. The van der Waals surface area contributed by atoms with Gasteiger partial charge in [-0.3, -0.25) is 4.79 Å². The fraction of sp³-hybridized carbons (Fsp3) is 0.500. The zero-order valence-electron chi connectivity index (χ0n) is 18.1. The van der Waals surface area contributed by atoms with Crippen molar-refractivity contribution in [3.8, 4) is 0 Å². The Morgan fingerprint density at radius 1 is 1.26 bits per heavy atom. The smallest absolute Gasteiger partial charge is 0.231 e. The molecule has 8 nitrogen and oxygen atoms in total. The molecule has 2 aliphatic rings. The lowest BCUT2D eigenvalue weighted by Crippen LogP contribution is -2.39. The van der Waals surface area contributed by atoms with Crippen LogP contribution in [0.25, 0.3) is 0 Å². The van der Waals surface area contributed by atoms with Gasteiger partial charge in [0.05, 0.1) is 34.7 Å². The molecule has 0 N–H and O–H groups in total. The Morgan fingerprint density at radius 3 is 2.74 bits per heavy atom. The van der Waals surface area contributed by atoms with Gasteiger partial charge in [0, 0.05) is 55.6 Å². The molecule has 0 radical (unpaired) electrons. The zero-order chi connectivity index (χ0) is 21.6. The Hall–Kier alpha value is -2.81. The lowest BCUT2D eigenvalue weighted by molar-refractivity contribution is -0.136. The Bertz CT molecular complexity index is 1080. The average molecular weight is 438 g/mol. The maximum Gasteiger partial charge on any atom is 0.231 e. The second-order valence-corrected chi connectivity index (χ2v) is 9.87. The van der Waals surface area contributed by atoms with Gasteiger partial charge in [-0.2, -0.15) is 0 Å². The van der Waals surface area contributed by atoms with E-state index < -0.39 is 5.41 Å². The van der Waals surface area contributed by atoms with Gasteiger partial charge in [0.2, 0.25) is 11.9 Å². The van der Waals surface area contributed by atoms with Gasteiger partial charge in [-0.05, 0) is 33.3 Å². The highest BCUT2D eigenvalue weighted by Gasteiger charge is 2.58. The molecule has 0 aromatic carbocycles. The number of rotatable bonds is 5. The van der Waals surface area contributed by atoms with Gasteiger partial charge in [0.1, 0.15) is 0 Å². The van der Waals surface area contributed by atoms with Gasteiger partial charge in [0.25, 0.3) is 0 Å². The summed E-state index contributed by atoms with van der Waals surface area (Å²) in [6.45, 7) is 8.88. The molecular formula is C22H27N7OS. The van der Waals surface area contributed by atoms with Gasteiger partial charge in [0.15, 0.2) is 0 Å². The van der Waals surface area contributed by atoms with Crippen LogP contribution in [0.5, 0.6) is 0 Å².